The molecule has 0 aliphatic rings. The van der Waals surface area contributed by atoms with E-state index in [-0.39, 0.29) is 11.9 Å². The molecule has 0 aliphatic carbocycles. The highest BCUT2D eigenvalue weighted by atomic mass is 35.5. The molecule has 2 nitrogen and oxygen atoms in total. The van der Waals surface area contributed by atoms with Crippen LogP contribution in [0, 0.1) is 11.3 Å². The molecule has 0 bridgehead atoms. The number of nitrogens with zero attached hydrogens (tertiary/aromatic N) is 2. The molecule has 0 aromatic carbocycles. The van der Waals surface area contributed by atoms with Crippen molar-refractivity contribution < 1.29 is 22.0 Å². The Bertz CT molecular complexity index is 464. The lowest BCUT2D eigenvalue weighted by molar-refractivity contribution is -0.139. The minimum Gasteiger partial charge on any atom is -0.258 e. The predicted octanol–water partition coefficient (Wildman–Crippen LogP) is 3.65. The zero-order chi connectivity index (χ0) is 13.2. The Labute approximate surface area is 97.6 Å². The number of aromatic nitrogens is 1. The van der Waals surface area contributed by atoms with Crippen molar-refractivity contribution in [2.24, 2.45) is 0 Å². The zero-order valence-electron chi connectivity index (χ0n) is 8.02. The Morgan fingerprint density at radius 2 is 2.00 bits per heavy atom. The van der Waals surface area contributed by atoms with Gasteiger partial charge in [0.2, 0.25) is 0 Å². The molecule has 8 heteroatoms. The Kier molecular flexibility index (Phi) is 3.88. The molecule has 0 amide bonds. The highest BCUT2D eigenvalue weighted by Gasteiger charge is 2.38. The summed E-state index contributed by atoms with van der Waals surface area (Å²) in [5, 5.41) is 8.62. The van der Waals surface area contributed by atoms with Gasteiger partial charge in [0.1, 0.15) is 6.07 Å². The number of alkyl halides is 6. The smallest absolute Gasteiger partial charge is 0.258 e. The fourth-order valence-corrected chi connectivity index (χ4v) is 1.45. The van der Waals surface area contributed by atoms with Gasteiger partial charge in [0, 0.05) is 6.20 Å². The first-order valence-electron chi connectivity index (χ1n) is 4.16. The van der Waals surface area contributed by atoms with Gasteiger partial charge >= 0.3 is 6.18 Å². The molecule has 0 unspecified atom stereocenters. The summed E-state index contributed by atoms with van der Waals surface area (Å²) in [6, 6.07) is 1.28. The fraction of sp³-hybridized carbons (Fsp3) is 0.333. The second kappa shape index (κ2) is 4.84. The molecular weight excluding hydrogens is 267 g/mol. The first-order chi connectivity index (χ1) is 7.82. The maximum absolute atomic E-state index is 12.6. The summed E-state index contributed by atoms with van der Waals surface area (Å²) in [6.45, 7) is 0. The Balaban J connectivity index is 3.61. The van der Waals surface area contributed by atoms with Gasteiger partial charge in [-0.2, -0.15) is 18.4 Å². The minimum absolute atomic E-state index is 0.264. The molecule has 0 saturated heterocycles. The normalized spacial score (nSPS) is 11.6. The van der Waals surface area contributed by atoms with Gasteiger partial charge in [0.05, 0.1) is 28.3 Å². The Morgan fingerprint density at radius 3 is 2.35 bits per heavy atom. The van der Waals surface area contributed by atoms with Crippen molar-refractivity contribution in [2.75, 3.05) is 0 Å². The molecule has 0 atom stereocenters. The first-order valence-corrected chi connectivity index (χ1v) is 4.69. The molecule has 0 N–H and O–H groups in total. The van der Waals surface area contributed by atoms with Crippen molar-refractivity contribution in [2.45, 2.75) is 18.5 Å². The maximum atomic E-state index is 12.6. The summed E-state index contributed by atoms with van der Waals surface area (Å²) < 4.78 is 62.5. The van der Waals surface area contributed by atoms with Gasteiger partial charge in [-0.05, 0) is 0 Å². The molecule has 0 radical (unpaired) electrons. The van der Waals surface area contributed by atoms with Crippen LogP contribution in [0.5, 0.6) is 0 Å². The molecule has 0 fully saturated rings. The standard InChI is InChI=1S/C9H4ClF5N2/c10-1-6-4(2-16)7(8(11)12)5(3-17-6)9(13,14)15/h3,8H,1H2. The molecule has 92 valence electrons. The number of pyridine rings is 1. The molecule has 1 heterocycles. The van der Waals surface area contributed by atoms with E-state index in [2.05, 4.69) is 4.98 Å². The van der Waals surface area contributed by atoms with E-state index in [1.165, 1.54) is 6.07 Å². The van der Waals surface area contributed by atoms with Crippen LogP contribution in [0.4, 0.5) is 22.0 Å². The number of hydrogen-bond acceptors (Lipinski definition) is 2. The van der Waals surface area contributed by atoms with Crippen LogP contribution in [0.3, 0.4) is 0 Å². The number of hydrogen-bond donors (Lipinski definition) is 0. The van der Waals surface area contributed by atoms with Crippen molar-refractivity contribution in [1.82, 2.24) is 4.98 Å². The van der Waals surface area contributed by atoms with Gasteiger partial charge in [-0.3, -0.25) is 4.98 Å². The Hall–Kier alpha value is -1.42. The van der Waals surface area contributed by atoms with E-state index in [1.54, 1.807) is 0 Å². The van der Waals surface area contributed by atoms with E-state index in [0.717, 1.165) is 0 Å². The molecule has 0 spiro atoms. The van der Waals surface area contributed by atoms with Crippen LogP contribution in [0.25, 0.3) is 0 Å². The lowest BCUT2D eigenvalue weighted by Gasteiger charge is -2.14. The van der Waals surface area contributed by atoms with Crippen LogP contribution < -0.4 is 0 Å². The van der Waals surface area contributed by atoms with E-state index in [0.29, 0.717) is 0 Å². The van der Waals surface area contributed by atoms with Crippen LogP contribution in [0.15, 0.2) is 6.20 Å². The van der Waals surface area contributed by atoms with Crippen molar-refractivity contribution in [3.05, 3.63) is 28.6 Å². The van der Waals surface area contributed by atoms with Gasteiger partial charge in [-0.15, -0.1) is 11.6 Å². The van der Waals surface area contributed by atoms with Gasteiger partial charge in [0.25, 0.3) is 6.43 Å². The van der Waals surface area contributed by atoms with Crippen molar-refractivity contribution >= 4 is 11.6 Å². The van der Waals surface area contributed by atoms with E-state index in [4.69, 9.17) is 16.9 Å². The number of nitriles is 1. The van der Waals surface area contributed by atoms with Crippen LogP contribution in [0.1, 0.15) is 28.8 Å². The lowest BCUT2D eigenvalue weighted by atomic mass is 10.0. The second-order valence-corrected chi connectivity index (χ2v) is 3.22. The SMILES string of the molecule is N#Cc1c(CCl)ncc(C(F)(F)F)c1C(F)F. The molecule has 1 rings (SSSR count). The third-order valence-corrected chi connectivity index (χ3v) is 2.21. The van der Waals surface area contributed by atoms with Crippen molar-refractivity contribution in [3.63, 3.8) is 0 Å². The van der Waals surface area contributed by atoms with Crippen molar-refractivity contribution in [3.8, 4) is 6.07 Å². The maximum Gasteiger partial charge on any atom is 0.418 e. The topological polar surface area (TPSA) is 36.7 Å². The van der Waals surface area contributed by atoms with Crippen LogP contribution in [-0.2, 0) is 12.1 Å². The highest BCUT2D eigenvalue weighted by Crippen LogP contribution is 2.38. The van der Waals surface area contributed by atoms with E-state index >= 15 is 0 Å². The molecule has 0 aliphatic heterocycles. The Morgan fingerprint density at radius 1 is 1.41 bits per heavy atom. The third-order valence-electron chi connectivity index (χ3n) is 1.96. The summed E-state index contributed by atoms with van der Waals surface area (Å²) in [4.78, 5) is 3.27. The highest BCUT2D eigenvalue weighted by molar-refractivity contribution is 6.17. The molecule has 17 heavy (non-hydrogen) atoms. The zero-order valence-corrected chi connectivity index (χ0v) is 8.78. The summed E-state index contributed by atoms with van der Waals surface area (Å²) in [5.41, 5.74) is -4.09. The molecule has 0 saturated carbocycles. The van der Waals surface area contributed by atoms with E-state index in [1.807, 2.05) is 0 Å². The average molecular weight is 271 g/mol. The predicted molar refractivity (Wildman–Crippen MR) is 48.5 cm³/mol. The third kappa shape index (κ3) is 2.64. The van der Waals surface area contributed by atoms with Gasteiger partial charge in [-0.25, -0.2) is 8.78 Å². The van der Waals surface area contributed by atoms with Crippen LogP contribution in [0.2, 0.25) is 0 Å². The van der Waals surface area contributed by atoms with Crippen LogP contribution in [-0.4, -0.2) is 4.98 Å². The average Bonchev–Trinajstić information content (AvgIpc) is 2.25. The summed E-state index contributed by atoms with van der Waals surface area (Å²) >= 11 is 5.31. The molecule has 1 aromatic rings. The fourth-order valence-electron chi connectivity index (χ4n) is 1.25. The van der Waals surface area contributed by atoms with Gasteiger partial charge < -0.3 is 0 Å². The number of rotatable bonds is 2. The largest absolute Gasteiger partial charge is 0.418 e. The van der Waals surface area contributed by atoms with Gasteiger partial charge in [0.15, 0.2) is 0 Å². The lowest BCUT2D eigenvalue weighted by Crippen LogP contribution is -2.13. The van der Waals surface area contributed by atoms with E-state index < -0.39 is 35.2 Å². The van der Waals surface area contributed by atoms with E-state index in [9.17, 15) is 22.0 Å². The summed E-state index contributed by atoms with van der Waals surface area (Å²) in [6.07, 6.45) is -8.15. The minimum atomic E-state index is -4.99. The number of halogens is 6. The van der Waals surface area contributed by atoms with Crippen LogP contribution >= 0.6 is 11.6 Å². The second-order valence-electron chi connectivity index (χ2n) is 2.95. The molecular formula is C9H4ClF5N2. The monoisotopic (exact) mass is 270 g/mol. The first kappa shape index (κ1) is 13.6. The quantitative estimate of drug-likeness (QED) is 0.607. The molecule has 1 aromatic heterocycles. The summed E-state index contributed by atoms with van der Waals surface area (Å²) in [5.74, 6) is -0.416. The van der Waals surface area contributed by atoms with Gasteiger partial charge in [-0.1, -0.05) is 0 Å². The summed E-state index contributed by atoms with van der Waals surface area (Å²) in [7, 11) is 0. The van der Waals surface area contributed by atoms with Crippen molar-refractivity contribution in [1.29, 1.82) is 5.26 Å².